The summed E-state index contributed by atoms with van der Waals surface area (Å²) in [5.74, 6) is -17.6. The Morgan fingerprint density at radius 3 is 1.81 bits per heavy atom. The molecule has 1 aromatic carbocycles. The average Bonchev–Trinajstić information content (AvgIpc) is 2.32. The first-order valence-corrected chi connectivity index (χ1v) is 7.98. The van der Waals surface area contributed by atoms with E-state index in [0.717, 1.165) is 0 Å². The zero-order chi connectivity index (χ0) is 16.6. The van der Waals surface area contributed by atoms with Crippen molar-refractivity contribution in [3.05, 3.63) is 22.8 Å². The molecule has 4 nitrogen and oxygen atoms in total. The van der Waals surface area contributed by atoms with Gasteiger partial charge in [0.05, 0.1) is 7.14 Å². The Morgan fingerprint density at radius 2 is 1.43 bits per heavy atom. The van der Waals surface area contributed by atoms with Crippen LogP contribution >= 0.6 is 67.8 Å². The van der Waals surface area contributed by atoms with E-state index in [2.05, 4.69) is 4.74 Å². The molecule has 0 heterocycles. The Balaban J connectivity index is 3.15. The summed E-state index contributed by atoms with van der Waals surface area (Å²) in [5.41, 5.74) is 0. The molecule has 0 radical (unpaired) electrons. The Kier molecular flexibility index (Phi) is 6.08. The zero-order valence-corrected chi connectivity index (χ0v) is 15.9. The van der Waals surface area contributed by atoms with E-state index in [9.17, 15) is 32.3 Å². The molecule has 0 aliphatic rings. The topological polar surface area (TPSA) is 66.4 Å². The Bertz CT molecular complexity index is 583. The number of carbonyl (C=O) groups excluding carboxylic acids is 2. The number of carbonyl (C=O) groups is 2. The zero-order valence-electron chi connectivity index (χ0n) is 9.43. The third kappa shape index (κ3) is 3.89. The van der Waals surface area contributed by atoms with Crippen molar-refractivity contribution >= 4 is 79.7 Å². The van der Waals surface area contributed by atoms with E-state index in [1.54, 1.807) is 45.2 Å². The molecule has 0 spiro atoms. The van der Waals surface area contributed by atoms with Gasteiger partial charge in [-0.2, -0.15) is 17.6 Å². The van der Waals surface area contributed by atoms with Gasteiger partial charge in [0.25, 0.3) is 0 Å². The fourth-order valence-electron chi connectivity index (χ4n) is 1.04. The van der Waals surface area contributed by atoms with Gasteiger partial charge in [-0.1, -0.05) is 0 Å². The van der Waals surface area contributed by atoms with Crippen LogP contribution in [0.4, 0.5) is 17.6 Å². The van der Waals surface area contributed by atoms with Crippen LogP contribution < -0.4 is 9.84 Å². The van der Waals surface area contributed by atoms with Gasteiger partial charge in [0.1, 0.15) is 5.97 Å². The van der Waals surface area contributed by atoms with Crippen molar-refractivity contribution in [2.24, 2.45) is 0 Å². The Labute approximate surface area is 156 Å². The van der Waals surface area contributed by atoms with Crippen LogP contribution in [0.15, 0.2) is 12.1 Å². The van der Waals surface area contributed by atoms with Gasteiger partial charge in [-0.3, -0.25) is 0 Å². The van der Waals surface area contributed by atoms with Crippen LogP contribution in [0, 0.1) is 10.7 Å². The van der Waals surface area contributed by atoms with E-state index in [-0.39, 0.29) is 12.9 Å². The van der Waals surface area contributed by atoms with Gasteiger partial charge >= 0.3 is 17.8 Å². The lowest BCUT2D eigenvalue weighted by atomic mass is 10.2. The number of benzene rings is 1. The SMILES string of the molecule is O=C([O-])C(F)(F)C(F)(F)C(=O)Oc1c(I)cc(I)cc1I. The monoisotopic (exact) mass is 643 g/mol. The number of alkyl halides is 4. The molecule has 0 fully saturated rings. The smallest absolute Gasteiger partial charge is 0.410 e. The quantitative estimate of drug-likeness (QED) is 0.219. The molecule has 116 valence electrons. The van der Waals surface area contributed by atoms with Crippen molar-refractivity contribution in [1.29, 1.82) is 0 Å². The summed E-state index contributed by atoms with van der Waals surface area (Å²) < 4.78 is 57.5. The number of carboxylic acids is 1. The maximum atomic E-state index is 13.2. The minimum Gasteiger partial charge on any atom is -0.544 e. The second-order valence-electron chi connectivity index (χ2n) is 3.52. The summed E-state index contributed by atoms with van der Waals surface area (Å²) in [6.45, 7) is 0. The van der Waals surface area contributed by atoms with Crippen LogP contribution in [0.25, 0.3) is 0 Å². The van der Waals surface area contributed by atoms with Crippen molar-refractivity contribution in [3.8, 4) is 5.75 Å². The fourth-order valence-corrected chi connectivity index (χ4v) is 4.84. The van der Waals surface area contributed by atoms with Gasteiger partial charge < -0.3 is 14.6 Å². The summed E-state index contributed by atoms with van der Waals surface area (Å²) in [7, 11) is 0. The van der Waals surface area contributed by atoms with Crippen molar-refractivity contribution < 1.29 is 37.0 Å². The van der Waals surface area contributed by atoms with Crippen molar-refractivity contribution in [3.63, 3.8) is 0 Å². The molecule has 0 atom stereocenters. The van der Waals surface area contributed by atoms with Gasteiger partial charge in [0.15, 0.2) is 5.75 Å². The molecule has 0 amide bonds. The van der Waals surface area contributed by atoms with Crippen LogP contribution in [-0.4, -0.2) is 23.8 Å². The number of halogens is 7. The predicted molar refractivity (Wildman–Crippen MR) is 85.1 cm³/mol. The maximum absolute atomic E-state index is 13.2. The number of hydrogen-bond donors (Lipinski definition) is 0. The van der Waals surface area contributed by atoms with Crippen molar-refractivity contribution in [1.82, 2.24) is 0 Å². The number of rotatable bonds is 4. The molecule has 21 heavy (non-hydrogen) atoms. The van der Waals surface area contributed by atoms with Gasteiger partial charge in [-0.15, -0.1) is 0 Å². The summed E-state index contributed by atoms with van der Waals surface area (Å²) in [6.07, 6.45) is 0. The van der Waals surface area contributed by atoms with Crippen LogP contribution in [-0.2, 0) is 9.59 Å². The lowest BCUT2D eigenvalue weighted by Gasteiger charge is -2.25. The van der Waals surface area contributed by atoms with Crippen LogP contribution in [0.2, 0.25) is 0 Å². The fraction of sp³-hybridized carbons (Fsp3) is 0.200. The highest BCUT2D eigenvalue weighted by Crippen LogP contribution is 2.37. The highest BCUT2D eigenvalue weighted by atomic mass is 127. The van der Waals surface area contributed by atoms with Gasteiger partial charge in [0, 0.05) is 3.57 Å². The molecule has 0 aliphatic carbocycles. The first-order chi connectivity index (χ1) is 9.41. The van der Waals surface area contributed by atoms with Gasteiger partial charge in [-0.05, 0) is 79.9 Å². The molecule has 1 rings (SSSR count). The standard InChI is InChI=1S/C10H3F4I3O4/c11-9(12,7(18)19)10(13,14)8(20)21-6-4(16)1-3(15)2-5(6)17/h1-2H,(H,18,19)/p-1. The Morgan fingerprint density at radius 1 is 1.00 bits per heavy atom. The predicted octanol–water partition coefficient (Wildman–Crippen LogP) is 2.43. The maximum Gasteiger partial charge on any atom is 0.410 e. The van der Waals surface area contributed by atoms with E-state index in [4.69, 9.17) is 0 Å². The van der Waals surface area contributed by atoms with E-state index in [0.29, 0.717) is 3.57 Å². The lowest BCUT2D eigenvalue weighted by Crippen LogP contribution is -2.58. The molecule has 0 aliphatic heterocycles. The normalized spacial score (nSPS) is 12.1. The average molecular weight is 643 g/mol. The molecule has 0 N–H and O–H groups in total. The first-order valence-electron chi connectivity index (χ1n) is 4.75. The molecule has 0 saturated carbocycles. The first kappa shape index (κ1) is 19.1. The largest absolute Gasteiger partial charge is 0.544 e. The van der Waals surface area contributed by atoms with Gasteiger partial charge in [0.2, 0.25) is 0 Å². The molecular formula is C10H2F4I3O4-. The molecule has 0 bridgehead atoms. The molecule has 0 unspecified atom stereocenters. The molecule has 0 saturated heterocycles. The van der Waals surface area contributed by atoms with E-state index < -0.39 is 23.8 Å². The Hall–Kier alpha value is 0.0700. The minimum absolute atomic E-state index is 0.227. The van der Waals surface area contributed by atoms with Crippen LogP contribution in [0.5, 0.6) is 5.75 Å². The van der Waals surface area contributed by atoms with E-state index in [1.807, 2.05) is 22.6 Å². The number of esters is 1. The number of hydrogen-bond acceptors (Lipinski definition) is 4. The molecule has 11 heteroatoms. The summed E-state index contributed by atoms with van der Waals surface area (Å²) in [6, 6.07) is 2.92. The number of ether oxygens (including phenoxy) is 1. The summed E-state index contributed by atoms with van der Waals surface area (Å²) in [4.78, 5) is 21.3. The summed E-state index contributed by atoms with van der Waals surface area (Å²) >= 11 is 5.23. The van der Waals surface area contributed by atoms with Crippen molar-refractivity contribution in [2.45, 2.75) is 11.8 Å². The molecule has 1 aromatic rings. The third-order valence-corrected chi connectivity index (χ3v) is 4.29. The van der Waals surface area contributed by atoms with E-state index in [1.165, 1.54) is 12.1 Å². The van der Waals surface area contributed by atoms with Crippen LogP contribution in [0.3, 0.4) is 0 Å². The minimum atomic E-state index is -5.68. The lowest BCUT2D eigenvalue weighted by molar-refractivity contribution is -0.346. The highest BCUT2D eigenvalue weighted by Gasteiger charge is 2.64. The number of aliphatic carboxylic acids is 1. The second kappa shape index (κ2) is 6.67. The van der Waals surface area contributed by atoms with E-state index >= 15 is 0 Å². The van der Waals surface area contributed by atoms with Crippen LogP contribution in [0.1, 0.15) is 0 Å². The molecule has 0 aromatic heterocycles. The van der Waals surface area contributed by atoms with Crippen molar-refractivity contribution in [2.75, 3.05) is 0 Å². The highest BCUT2D eigenvalue weighted by molar-refractivity contribution is 14.1. The summed E-state index contributed by atoms with van der Waals surface area (Å²) in [5, 5.41) is 10.1. The van der Waals surface area contributed by atoms with Gasteiger partial charge in [-0.25, -0.2) is 4.79 Å². The molecular weight excluding hydrogens is 641 g/mol. The number of carboxylic acid groups (broad SMARTS) is 1. The second-order valence-corrected chi connectivity index (χ2v) is 7.09. The third-order valence-electron chi connectivity index (χ3n) is 2.06.